The number of anilines is 2. The fraction of sp³-hybridized carbons (Fsp3) is 0.389. The van der Waals surface area contributed by atoms with Gasteiger partial charge in [-0.15, -0.1) is 0 Å². The lowest BCUT2D eigenvalue weighted by molar-refractivity contribution is -0.117. The van der Waals surface area contributed by atoms with Crippen LogP contribution in [0, 0.1) is 5.92 Å². The number of fused-ring (bicyclic) bond motifs is 1. The van der Waals surface area contributed by atoms with Crippen LogP contribution in [-0.2, 0) is 11.2 Å². The van der Waals surface area contributed by atoms with Crippen molar-refractivity contribution in [1.29, 1.82) is 0 Å². The standard InChI is InChI=1S/C18H20N2O2/c1-20-8-2-4-12-10-13(6-7-16(12)20)19-18(21)15-11-14(15)17-5-3-9-22-17/h3,5-7,9-10,14-15H,2,4,8,11H2,1H3,(H,19,21). The summed E-state index contributed by atoms with van der Waals surface area (Å²) >= 11 is 0. The van der Waals surface area contributed by atoms with Crippen LogP contribution in [0.15, 0.2) is 41.0 Å². The van der Waals surface area contributed by atoms with E-state index in [1.165, 1.54) is 17.7 Å². The lowest BCUT2D eigenvalue weighted by atomic mass is 10.0. The van der Waals surface area contributed by atoms with E-state index < -0.39 is 0 Å². The van der Waals surface area contributed by atoms with Crippen LogP contribution < -0.4 is 10.2 Å². The number of amides is 1. The molecule has 2 heterocycles. The van der Waals surface area contributed by atoms with Crippen molar-refractivity contribution in [1.82, 2.24) is 0 Å². The summed E-state index contributed by atoms with van der Waals surface area (Å²) in [5, 5.41) is 3.06. The topological polar surface area (TPSA) is 45.5 Å². The maximum absolute atomic E-state index is 12.3. The molecule has 4 heteroatoms. The molecule has 0 saturated heterocycles. The molecular weight excluding hydrogens is 276 g/mol. The number of aryl methyl sites for hydroxylation is 1. The van der Waals surface area contributed by atoms with Crippen LogP contribution in [0.2, 0.25) is 0 Å². The first kappa shape index (κ1) is 13.4. The first-order chi connectivity index (χ1) is 10.7. The lowest BCUT2D eigenvalue weighted by Gasteiger charge is -2.27. The number of nitrogens with zero attached hydrogens (tertiary/aromatic N) is 1. The van der Waals surface area contributed by atoms with Gasteiger partial charge in [-0.1, -0.05) is 0 Å². The van der Waals surface area contributed by atoms with Crippen LogP contribution in [-0.4, -0.2) is 19.5 Å². The quantitative estimate of drug-likeness (QED) is 0.944. The van der Waals surface area contributed by atoms with E-state index in [9.17, 15) is 4.79 Å². The minimum Gasteiger partial charge on any atom is -0.469 e. The van der Waals surface area contributed by atoms with Gasteiger partial charge in [0.1, 0.15) is 5.76 Å². The second-order valence-electron chi connectivity index (χ2n) is 6.32. The van der Waals surface area contributed by atoms with E-state index in [0.717, 1.165) is 30.8 Å². The summed E-state index contributed by atoms with van der Waals surface area (Å²) in [5.41, 5.74) is 3.51. The summed E-state index contributed by atoms with van der Waals surface area (Å²) in [7, 11) is 2.12. The molecule has 1 fully saturated rings. The monoisotopic (exact) mass is 296 g/mol. The maximum atomic E-state index is 12.3. The van der Waals surface area contributed by atoms with Crippen LogP contribution in [0.4, 0.5) is 11.4 Å². The molecule has 4 nitrogen and oxygen atoms in total. The van der Waals surface area contributed by atoms with Gasteiger partial charge in [-0.25, -0.2) is 0 Å². The second kappa shape index (κ2) is 5.20. The third-order valence-electron chi connectivity index (χ3n) is 4.73. The minimum atomic E-state index is 0.0462. The number of hydrogen-bond acceptors (Lipinski definition) is 3. The summed E-state index contributed by atoms with van der Waals surface area (Å²) in [6, 6.07) is 10.1. The van der Waals surface area contributed by atoms with Crippen LogP contribution in [0.1, 0.15) is 30.1 Å². The van der Waals surface area contributed by atoms with E-state index in [0.29, 0.717) is 0 Å². The second-order valence-corrected chi connectivity index (χ2v) is 6.32. The Morgan fingerprint density at radius 3 is 3.09 bits per heavy atom. The molecule has 1 N–H and O–H groups in total. The SMILES string of the molecule is CN1CCCc2cc(NC(=O)C3CC3c3ccco3)ccc21. The predicted octanol–water partition coefficient (Wildman–Crippen LogP) is 3.40. The first-order valence-electron chi connectivity index (χ1n) is 7.91. The summed E-state index contributed by atoms with van der Waals surface area (Å²) in [5.74, 6) is 1.32. The molecule has 1 saturated carbocycles. The highest BCUT2D eigenvalue weighted by molar-refractivity contribution is 5.95. The van der Waals surface area contributed by atoms with Gasteiger partial charge in [-0.05, 0) is 55.2 Å². The Bertz CT molecular complexity index is 693. The minimum absolute atomic E-state index is 0.0462. The molecule has 1 amide bonds. The molecule has 22 heavy (non-hydrogen) atoms. The number of furan rings is 1. The molecular formula is C18H20N2O2. The van der Waals surface area contributed by atoms with Crippen LogP contribution in [0.25, 0.3) is 0 Å². The Morgan fingerprint density at radius 1 is 1.36 bits per heavy atom. The number of hydrogen-bond donors (Lipinski definition) is 1. The number of carbonyl (C=O) groups is 1. The molecule has 114 valence electrons. The Balaban J connectivity index is 1.45. The fourth-order valence-electron chi connectivity index (χ4n) is 3.40. The Hall–Kier alpha value is -2.23. The lowest BCUT2D eigenvalue weighted by Crippen LogP contribution is -2.24. The number of carbonyl (C=O) groups excluding carboxylic acids is 1. The van der Waals surface area contributed by atoms with Gasteiger partial charge in [-0.2, -0.15) is 0 Å². The number of rotatable bonds is 3. The number of benzene rings is 1. The zero-order chi connectivity index (χ0) is 15.1. The van der Waals surface area contributed by atoms with Crippen molar-refractivity contribution in [3.05, 3.63) is 47.9 Å². The van der Waals surface area contributed by atoms with Crippen LogP contribution >= 0.6 is 0 Å². The normalized spacial score (nSPS) is 23.0. The Labute approximate surface area is 130 Å². The van der Waals surface area contributed by atoms with Gasteiger partial charge in [0.05, 0.1) is 6.26 Å². The van der Waals surface area contributed by atoms with Crippen LogP contribution in [0.3, 0.4) is 0 Å². The molecule has 0 spiro atoms. The van der Waals surface area contributed by atoms with Gasteiger partial charge in [0.25, 0.3) is 0 Å². The molecule has 2 aromatic rings. The third-order valence-corrected chi connectivity index (χ3v) is 4.73. The highest BCUT2D eigenvalue weighted by Gasteiger charge is 2.45. The van der Waals surface area contributed by atoms with E-state index in [2.05, 4.69) is 29.4 Å². The van der Waals surface area contributed by atoms with E-state index >= 15 is 0 Å². The largest absolute Gasteiger partial charge is 0.469 e. The van der Waals surface area contributed by atoms with Crippen molar-refractivity contribution in [3.8, 4) is 0 Å². The molecule has 1 aliphatic carbocycles. The Kier molecular flexibility index (Phi) is 3.17. The average molecular weight is 296 g/mol. The molecule has 2 aliphatic rings. The molecule has 2 atom stereocenters. The van der Waals surface area contributed by atoms with Gasteiger partial charge in [0.15, 0.2) is 0 Å². The smallest absolute Gasteiger partial charge is 0.228 e. The fourth-order valence-corrected chi connectivity index (χ4v) is 3.40. The third kappa shape index (κ3) is 2.39. The molecule has 2 unspecified atom stereocenters. The van der Waals surface area contributed by atoms with Gasteiger partial charge < -0.3 is 14.6 Å². The summed E-state index contributed by atoms with van der Waals surface area (Å²) in [6.45, 7) is 1.10. The highest BCUT2D eigenvalue weighted by atomic mass is 16.3. The molecule has 0 radical (unpaired) electrons. The van der Waals surface area contributed by atoms with Gasteiger partial charge in [0, 0.05) is 36.8 Å². The molecule has 1 aliphatic heterocycles. The molecule has 0 bridgehead atoms. The Morgan fingerprint density at radius 2 is 2.27 bits per heavy atom. The zero-order valence-corrected chi connectivity index (χ0v) is 12.7. The predicted molar refractivity (Wildman–Crippen MR) is 86.2 cm³/mol. The van der Waals surface area contributed by atoms with E-state index in [1.807, 2.05) is 18.2 Å². The van der Waals surface area contributed by atoms with Crippen molar-refractivity contribution >= 4 is 17.3 Å². The van der Waals surface area contributed by atoms with Crippen LogP contribution in [0.5, 0.6) is 0 Å². The van der Waals surface area contributed by atoms with Crippen molar-refractivity contribution in [2.45, 2.75) is 25.2 Å². The maximum Gasteiger partial charge on any atom is 0.228 e. The molecule has 4 rings (SSSR count). The molecule has 1 aromatic heterocycles. The van der Waals surface area contributed by atoms with Gasteiger partial charge >= 0.3 is 0 Å². The van der Waals surface area contributed by atoms with Crippen molar-refractivity contribution in [3.63, 3.8) is 0 Å². The summed E-state index contributed by atoms with van der Waals surface area (Å²) in [6.07, 6.45) is 4.81. The average Bonchev–Trinajstić information content (AvgIpc) is 3.13. The van der Waals surface area contributed by atoms with E-state index in [4.69, 9.17) is 4.42 Å². The van der Waals surface area contributed by atoms with Gasteiger partial charge in [-0.3, -0.25) is 4.79 Å². The van der Waals surface area contributed by atoms with E-state index in [1.54, 1.807) is 6.26 Å². The summed E-state index contributed by atoms with van der Waals surface area (Å²) < 4.78 is 5.39. The molecule has 1 aromatic carbocycles. The van der Waals surface area contributed by atoms with E-state index in [-0.39, 0.29) is 17.7 Å². The van der Waals surface area contributed by atoms with Crippen molar-refractivity contribution in [2.75, 3.05) is 23.8 Å². The number of nitrogens with one attached hydrogen (secondary N) is 1. The first-order valence-corrected chi connectivity index (χ1v) is 7.91. The summed E-state index contributed by atoms with van der Waals surface area (Å²) in [4.78, 5) is 14.6. The highest BCUT2D eigenvalue weighted by Crippen LogP contribution is 2.48. The van der Waals surface area contributed by atoms with Crippen molar-refractivity contribution in [2.24, 2.45) is 5.92 Å². The van der Waals surface area contributed by atoms with Crippen molar-refractivity contribution < 1.29 is 9.21 Å². The van der Waals surface area contributed by atoms with Gasteiger partial charge in [0.2, 0.25) is 5.91 Å². The zero-order valence-electron chi connectivity index (χ0n) is 12.7.